The number of rotatable bonds is 7. The summed E-state index contributed by atoms with van der Waals surface area (Å²) in [5, 5.41) is 17.4. The van der Waals surface area contributed by atoms with Crippen molar-refractivity contribution in [3.63, 3.8) is 0 Å². The molecule has 0 radical (unpaired) electrons. The van der Waals surface area contributed by atoms with Gasteiger partial charge in [0.1, 0.15) is 23.9 Å². The van der Waals surface area contributed by atoms with Gasteiger partial charge < -0.3 is 20.0 Å². The van der Waals surface area contributed by atoms with Gasteiger partial charge in [-0.25, -0.2) is 4.79 Å². The number of carbonyl (C=O) groups excluding carboxylic acids is 2. The van der Waals surface area contributed by atoms with E-state index in [-0.39, 0.29) is 16.8 Å². The van der Waals surface area contributed by atoms with E-state index in [0.717, 1.165) is 0 Å². The number of hydrogen-bond acceptors (Lipinski definition) is 6. The number of carbonyl (C=O) groups is 2. The first-order chi connectivity index (χ1) is 12.4. The highest BCUT2D eigenvalue weighted by Gasteiger charge is 2.16. The number of aliphatic hydroxyl groups excluding tert-OH is 1. The van der Waals surface area contributed by atoms with Gasteiger partial charge in [0, 0.05) is 5.71 Å². The lowest BCUT2D eigenvalue weighted by Gasteiger charge is -2.09. The molecule has 2 rings (SSSR count). The maximum atomic E-state index is 12.2. The minimum atomic E-state index is -0.680. The zero-order valence-electron chi connectivity index (χ0n) is 14.5. The Kier molecular flexibility index (Phi) is 6.27. The van der Waals surface area contributed by atoms with Crippen LogP contribution in [0.3, 0.4) is 0 Å². The van der Waals surface area contributed by atoms with Gasteiger partial charge in [0.25, 0.3) is 0 Å². The highest BCUT2D eigenvalue weighted by atomic mass is 16.5. The smallest absolute Gasteiger partial charge is 0.338 e. The largest absolute Gasteiger partial charge is 0.508 e. The van der Waals surface area contributed by atoms with Gasteiger partial charge in [0.2, 0.25) is 0 Å². The van der Waals surface area contributed by atoms with E-state index in [2.05, 4.69) is 0 Å². The molecule has 6 heteroatoms. The average Bonchev–Trinajstić information content (AvgIpc) is 2.60. The second-order valence-electron chi connectivity index (χ2n) is 5.52. The Morgan fingerprint density at radius 1 is 1.00 bits per heavy atom. The minimum absolute atomic E-state index is 0.0932. The fourth-order valence-electron chi connectivity index (χ4n) is 2.28. The molecule has 0 saturated carbocycles. The van der Waals surface area contributed by atoms with Crippen LogP contribution in [-0.4, -0.2) is 29.2 Å². The number of Topliss-reactive ketones (excluding diaryl/α,β-unsaturated/α-hetero) is 1. The Bertz CT molecular complexity index is 840. The molecule has 6 nitrogen and oxygen atoms in total. The van der Waals surface area contributed by atoms with Crippen molar-refractivity contribution in [2.45, 2.75) is 13.8 Å². The first-order valence-electron chi connectivity index (χ1n) is 7.87. The van der Waals surface area contributed by atoms with Crippen LogP contribution in [0.2, 0.25) is 0 Å². The lowest BCUT2D eigenvalue weighted by molar-refractivity contribution is -0.113. The number of para-hydroxylation sites is 1. The number of hydrogen-bond donors (Lipinski definition) is 2. The van der Waals surface area contributed by atoms with Crippen LogP contribution in [0.1, 0.15) is 24.2 Å². The van der Waals surface area contributed by atoms with Crippen molar-refractivity contribution >= 4 is 17.5 Å². The van der Waals surface area contributed by atoms with Crippen molar-refractivity contribution < 1.29 is 24.2 Å². The summed E-state index contributed by atoms with van der Waals surface area (Å²) >= 11 is 0. The maximum absolute atomic E-state index is 12.2. The number of allylic oxidation sites excluding steroid dienone is 1. The number of nitrogens with one attached hydrogen (secondary N) is 1. The number of benzene rings is 2. The predicted octanol–water partition coefficient (Wildman–Crippen LogP) is 4.08. The third kappa shape index (κ3) is 5.04. The second-order valence-corrected chi connectivity index (χ2v) is 5.52. The summed E-state index contributed by atoms with van der Waals surface area (Å²) in [5.74, 6) is -0.503. The zero-order valence-corrected chi connectivity index (χ0v) is 14.5. The van der Waals surface area contributed by atoms with Crippen molar-refractivity contribution in [3.05, 3.63) is 71.5 Å². The number of ether oxygens (including phenoxy) is 2. The average molecular weight is 353 g/mol. The first kappa shape index (κ1) is 18.9. The summed E-state index contributed by atoms with van der Waals surface area (Å²) in [6.07, 6.45) is 0. The molecule has 2 aromatic carbocycles. The molecule has 0 heterocycles. The van der Waals surface area contributed by atoms with Crippen LogP contribution >= 0.6 is 0 Å². The fraction of sp³-hybridized carbons (Fsp3) is 0.150. The molecule has 2 N–H and O–H groups in total. The van der Waals surface area contributed by atoms with E-state index in [9.17, 15) is 14.7 Å². The summed E-state index contributed by atoms with van der Waals surface area (Å²) in [6.45, 7) is 2.11. The molecular formula is C20H19NO5. The molecule has 0 atom stereocenters. The van der Waals surface area contributed by atoms with E-state index in [1.54, 1.807) is 30.3 Å². The van der Waals surface area contributed by atoms with Crippen LogP contribution in [0, 0.1) is 5.41 Å². The SMILES string of the molecule is CC(=N)/C(C(C)=O)=C(/O)COC(=O)c1cccc(Oc2ccccc2)c1. The van der Waals surface area contributed by atoms with Crippen LogP contribution in [0.25, 0.3) is 0 Å². The standard InChI is InChI=1S/C20H19NO5/c1-13(21)19(14(2)22)18(23)12-25-20(24)15-7-6-10-17(11-15)26-16-8-4-3-5-9-16/h3-11,21,23H,12H2,1-2H3/b19-18-,21-13?. The zero-order chi connectivity index (χ0) is 19.1. The van der Waals surface area contributed by atoms with Crippen molar-refractivity contribution in [1.29, 1.82) is 5.41 Å². The van der Waals surface area contributed by atoms with Gasteiger partial charge in [-0.05, 0) is 44.2 Å². The molecule has 134 valence electrons. The van der Waals surface area contributed by atoms with Gasteiger partial charge in [0.05, 0.1) is 11.1 Å². The van der Waals surface area contributed by atoms with E-state index in [0.29, 0.717) is 11.5 Å². The molecule has 0 fully saturated rings. The van der Waals surface area contributed by atoms with E-state index in [1.807, 2.05) is 18.2 Å². The number of ketones is 1. The van der Waals surface area contributed by atoms with Crippen molar-refractivity contribution in [2.24, 2.45) is 0 Å². The molecule has 0 bridgehead atoms. The summed E-state index contributed by atoms with van der Waals surface area (Å²) in [4.78, 5) is 23.6. The molecule has 0 aliphatic carbocycles. The molecule has 0 unspecified atom stereocenters. The summed E-state index contributed by atoms with van der Waals surface area (Å²) in [5.41, 5.74) is -0.00884. The quantitative estimate of drug-likeness (QED) is 0.338. The van der Waals surface area contributed by atoms with Gasteiger partial charge in [-0.3, -0.25) is 4.79 Å². The van der Waals surface area contributed by atoms with Gasteiger partial charge >= 0.3 is 5.97 Å². The van der Waals surface area contributed by atoms with Crippen LogP contribution in [0.5, 0.6) is 11.5 Å². The van der Waals surface area contributed by atoms with Crippen molar-refractivity contribution in [1.82, 2.24) is 0 Å². The summed E-state index contributed by atoms with van der Waals surface area (Å²) in [7, 11) is 0. The van der Waals surface area contributed by atoms with Crippen LogP contribution < -0.4 is 4.74 Å². The van der Waals surface area contributed by atoms with E-state index in [1.165, 1.54) is 19.9 Å². The van der Waals surface area contributed by atoms with E-state index in [4.69, 9.17) is 14.9 Å². The normalized spacial score (nSPS) is 11.3. The fourth-order valence-corrected chi connectivity index (χ4v) is 2.28. The van der Waals surface area contributed by atoms with Crippen LogP contribution in [0.15, 0.2) is 65.9 Å². The third-order valence-corrected chi connectivity index (χ3v) is 3.40. The highest BCUT2D eigenvalue weighted by molar-refractivity contribution is 6.19. The molecular weight excluding hydrogens is 334 g/mol. The monoisotopic (exact) mass is 353 g/mol. The Morgan fingerprint density at radius 3 is 2.27 bits per heavy atom. The molecule has 26 heavy (non-hydrogen) atoms. The molecule has 0 saturated heterocycles. The van der Waals surface area contributed by atoms with Crippen molar-refractivity contribution in [3.8, 4) is 11.5 Å². The van der Waals surface area contributed by atoms with Gasteiger partial charge in [-0.1, -0.05) is 24.3 Å². The molecule has 0 spiro atoms. The Hall–Kier alpha value is -3.41. The van der Waals surface area contributed by atoms with Gasteiger partial charge in [-0.15, -0.1) is 0 Å². The lowest BCUT2D eigenvalue weighted by atomic mass is 10.1. The maximum Gasteiger partial charge on any atom is 0.338 e. The molecule has 0 aliphatic rings. The number of esters is 1. The second kappa shape index (κ2) is 8.62. The van der Waals surface area contributed by atoms with E-state index >= 15 is 0 Å². The van der Waals surface area contributed by atoms with Gasteiger partial charge in [0.15, 0.2) is 5.78 Å². The van der Waals surface area contributed by atoms with Crippen molar-refractivity contribution in [2.75, 3.05) is 6.61 Å². The Morgan fingerprint density at radius 2 is 1.65 bits per heavy atom. The minimum Gasteiger partial charge on any atom is -0.508 e. The number of aliphatic hydroxyl groups is 1. The topological polar surface area (TPSA) is 96.7 Å². The highest BCUT2D eigenvalue weighted by Crippen LogP contribution is 2.22. The summed E-state index contributed by atoms with van der Waals surface area (Å²) in [6, 6.07) is 15.5. The molecule has 2 aromatic rings. The first-order valence-corrected chi connectivity index (χ1v) is 7.87. The summed E-state index contributed by atoms with van der Waals surface area (Å²) < 4.78 is 10.7. The third-order valence-electron chi connectivity index (χ3n) is 3.40. The van der Waals surface area contributed by atoms with Crippen LogP contribution in [-0.2, 0) is 9.53 Å². The Balaban J connectivity index is 2.08. The van der Waals surface area contributed by atoms with Gasteiger partial charge in [-0.2, -0.15) is 0 Å². The molecule has 0 aliphatic heterocycles. The molecule has 0 amide bonds. The lowest BCUT2D eigenvalue weighted by Crippen LogP contribution is -2.15. The molecule has 0 aromatic heterocycles. The predicted molar refractivity (Wildman–Crippen MR) is 97.0 cm³/mol. The Labute approximate surface area is 151 Å². The van der Waals surface area contributed by atoms with E-state index < -0.39 is 24.1 Å². The van der Waals surface area contributed by atoms with Crippen LogP contribution in [0.4, 0.5) is 0 Å².